The van der Waals surface area contributed by atoms with Crippen molar-refractivity contribution in [3.05, 3.63) is 33.6 Å². The molecule has 0 aliphatic carbocycles. The average Bonchev–Trinajstić information content (AvgIpc) is 2.74. The van der Waals surface area contributed by atoms with E-state index in [9.17, 15) is 0 Å². The van der Waals surface area contributed by atoms with Gasteiger partial charge in [-0.25, -0.2) is 4.98 Å². The lowest BCUT2D eigenvalue weighted by molar-refractivity contribution is 0.391. The molecule has 0 aliphatic rings. The highest BCUT2D eigenvalue weighted by Crippen LogP contribution is 2.29. The van der Waals surface area contributed by atoms with Crippen LogP contribution in [-0.4, -0.2) is 17.2 Å². The van der Waals surface area contributed by atoms with E-state index in [2.05, 4.69) is 20.8 Å². The largest absolute Gasteiger partial charge is 0.372 e. The quantitative estimate of drug-likeness (QED) is 0.903. The van der Waals surface area contributed by atoms with Crippen LogP contribution in [0, 0.1) is 6.92 Å². The molecule has 7 heteroatoms. The molecule has 18 heavy (non-hydrogen) atoms. The van der Waals surface area contributed by atoms with Gasteiger partial charge in [-0.1, -0.05) is 28.4 Å². The van der Waals surface area contributed by atoms with Crippen molar-refractivity contribution in [2.24, 2.45) is 0 Å². The average molecular weight is 287 g/mol. The molecule has 5 nitrogen and oxygen atoms in total. The van der Waals surface area contributed by atoms with Crippen molar-refractivity contribution >= 4 is 34.8 Å². The molecule has 0 aromatic carbocycles. The molecule has 96 valence electrons. The number of aryl methyl sites for hydroxylation is 1. The van der Waals surface area contributed by atoms with Gasteiger partial charge in [-0.2, -0.15) is 0 Å². The van der Waals surface area contributed by atoms with Crippen LogP contribution < -0.4 is 10.6 Å². The summed E-state index contributed by atoms with van der Waals surface area (Å²) in [6.07, 6.45) is 0. The van der Waals surface area contributed by atoms with Gasteiger partial charge in [0.2, 0.25) is 0 Å². The summed E-state index contributed by atoms with van der Waals surface area (Å²) in [5.74, 6) is 1.88. The Bertz CT molecular complexity index is 556. The van der Waals surface area contributed by atoms with Crippen molar-refractivity contribution in [1.82, 2.24) is 10.1 Å². The van der Waals surface area contributed by atoms with Gasteiger partial charge in [-0.15, -0.1) is 0 Å². The molecule has 0 atom stereocenters. The predicted molar refractivity (Wildman–Crippen MR) is 72.4 cm³/mol. The Balaban J connectivity index is 2.13. The first kappa shape index (κ1) is 13.0. The maximum atomic E-state index is 6.05. The van der Waals surface area contributed by atoms with Crippen molar-refractivity contribution in [3.8, 4) is 0 Å². The number of nitrogens with one attached hydrogen (secondary N) is 2. The maximum Gasteiger partial charge on any atom is 0.147 e. The molecule has 0 fully saturated rings. The smallest absolute Gasteiger partial charge is 0.147 e. The Morgan fingerprint density at radius 2 is 1.94 bits per heavy atom. The Morgan fingerprint density at radius 3 is 2.56 bits per heavy atom. The molecule has 0 aliphatic heterocycles. The van der Waals surface area contributed by atoms with Crippen LogP contribution in [0.3, 0.4) is 0 Å². The van der Waals surface area contributed by atoms with Crippen LogP contribution in [-0.2, 0) is 6.54 Å². The van der Waals surface area contributed by atoms with Crippen LogP contribution in [0.15, 0.2) is 16.7 Å². The van der Waals surface area contributed by atoms with Gasteiger partial charge in [0, 0.05) is 13.1 Å². The van der Waals surface area contributed by atoms with Crippen molar-refractivity contribution < 1.29 is 4.52 Å². The van der Waals surface area contributed by atoms with Gasteiger partial charge in [0.15, 0.2) is 0 Å². The van der Waals surface area contributed by atoms with Crippen LogP contribution in [0.2, 0.25) is 10.0 Å². The second-order valence-electron chi connectivity index (χ2n) is 3.68. The highest BCUT2D eigenvalue weighted by Gasteiger charge is 2.09. The molecule has 2 aromatic heterocycles. The predicted octanol–water partition coefficient (Wildman–Crippen LogP) is 3.34. The number of rotatable bonds is 4. The number of hydrogen-bond acceptors (Lipinski definition) is 5. The molecular weight excluding hydrogens is 275 g/mol. The van der Waals surface area contributed by atoms with E-state index in [0.717, 1.165) is 11.5 Å². The van der Waals surface area contributed by atoms with Crippen molar-refractivity contribution in [2.75, 3.05) is 17.7 Å². The van der Waals surface area contributed by atoms with Crippen LogP contribution in [0.25, 0.3) is 0 Å². The van der Waals surface area contributed by atoms with Crippen LogP contribution in [0.5, 0.6) is 0 Å². The monoisotopic (exact) mass is 286 g/mol. The lowest BCUT2D eigenvalue weighted by Gasteiger charge is -2.09. The van der Waals surface area contributed by atoms with Crippen molar-refractivity contribution in [3.63, 3.8) is 0 Å². The van der Waals surface area contributed by atoms with Gasteiger partial charge in [-0.3, -0.25) is 0 Å². The zero-order valence-electron chi connectivity index (χ0n) is 9.92. The molecule has 0 saturated heterocycles. The Kier molecular flexibility index (Phi) is 3.93. The summed E-state index contributed by atoms with van der Waals surface area (Å²) in [5.41, 5.74) is 0.784. The highest BCUT2D eigenvalue weighted by atomic mass is 35.5. The molecular formula is C11H12Cl2N4O. The van der Waals surface area contributed by atoms with Gasteiger partial charge in [0.05, 0.1) is 16.6 Å². The second-order valence-corrected chi connectivity index (χ2v) is 4.50. The van der Waals surface area contributed by atoms with Gasteiger partial charge in [-0.05, 0) is 13.0 Å². The molecule has 0 unspecified atom stereocenters. The number of aromatic nitrogens is 2. The molecule has 2 heterocycles. The van der Waals surface area contributed by atoms with Crippen LogP contribution in [0.4, 0.5) is 11.6 Å². The van der Waals surface area contributed by atoms with E-state index >= 15 is 0 Å². The summed E-state index contributed by atoms with van der Waals surface area (Å²) in [7, 11) is 1.74. The standard InChI is InChI=1S/C11H12Cl2N4O/c1-6-3-7(17-18-6)5-15-11-9(13)4-8(12)10(14-2)16-11/h3-4H,5H2,1-2H3,(H2,14,15,16). The number of pyridine rings is 1. The zero-order chi connectivity index (χ0) is 13.1. The zero-order valence-corrected chi connectivity index (χ0v) is 11.4. The third-order valence-electron chi connectivity index (χ3n) is 2.28. The van der Waals surface area contributed by atoms with Crippen molar-refractivity contribution in [2.45, 2.75) is 13.5 Å². The molecule has 2 aromatic rings. The van der Waals surface area contributed by atoms with E-state index in [1.807, 2.05) is 13.0 Å². The van der Waals surface area contributed by atoms with E-state index < -0.39 is 0 Å². The SMILES string of the molecule is CNc1nc(NCc2cc(C)on2)c(Cl)cc1Cl. The first-order valence-corrected chi connectivity index (χ1v) is 6.05. The van der Waals surface area contributed by atoms with Gasteiger partial charge in [0.1, 0.15) is 23.1 Å². The number of hydrogen-bond donors (Lipinski definition) is 2. The van der Waals surface area contributed by atoms with Gasteiger partial charge >= 0.3 is 0 Å². The molecule has 2 N–H and O–H groups in total. The number of nitrogens with zero attached hydrogens (tertiary/aromatic N) is 2. The molecule has 0 amide bonds. The minimum atomic E-state index is 0.458. The molecule has 2 rings (SSSR count). The van der Waals surface area contributed by atoms with Gasteiger partial charge in [0.25, 0.3) is 0 Å². The normalized spacial score (nSPS) is 10.4. The minimum Gasteiger partial charge on any atom is -0.372 e. The van der Waals surface area contributed by atoms with E-state index in [1.54, 1.807) is 13.1 Å². The summed E-state index contributed by atoms with van der Waals surface area (Å²) >= 11 is 12.0. The highest BCUT2D eigenvalue weighted by molar-refractivity contribution is 6.37. The van der Waals surface area contributed by atoms with E-state index in [1.165, 1.54) is 0 Å². The summed E-state index contributed by atoms with van der Waals surface area (Å²) in [6, 6.07) is 3.48. The summed E-state index contributed by atoms with van der Waals surface area (Å²) in [6.45, 7) is 2.32. The molecule has 0 bridgehead atoms. The maximum absolute atomic E-state index is 6.05. The fourth-order valence-corrected chi connectivity index (χ4v) is 1.96. The van der Waals surface area contributed by atoms with Gasteiger partial charge < -0.3 is 15.2 Å². The first-order valence-electron chi connectivity index (χ1n) is 5.30. The third-order valence-corrected chi connectivity index (χ3v) is 2.86. The summed E-state index contributed by atoms with van der Waals surface area (Å²) in [5, 5.41) is 10.8. The van der Waals surface area contributed by atoms with E-state index in [4.69, 9.17) is 27.7 Å². The molecule has 0 radical (unpaired) electrons. The van der Waals surface area contributed by atoms with Crippen molar-refractivity contribution in [1.29, 1.82) is 0 Å². The first-order chi connectivity index (χ1) is 8.60. The Labute approximate surface area is 114 Å². The number of anilines is 2. The Hall–Kier alpha value is -1.46. The number of halogens is 2. The second kappa shape index (κ2) is 5.46. The lowest BCUT2D eigenvalue weighted by Crippen LogP contribution is -2.04. The summed E-state index contributed by atoms with van der Waals surface area (Å²) in [4.78, 5) is 4.27. The van der Waals surface area contributed by atoms with Crippen LogP contribution in [0.1, 0.15) is 11.5 Å². The fraction of sp³-hybridized carbons (Fsp3) is 0.273. The Morgan fingerprint density at radius 1 is 1.22 bits per heavy atom. The fourth-order valence-electron chi connectivity index (χ4n) is 1.44. The molecule has 0 spiro atoms. The summed E-state index contributed by atoms with van der Waals surface area (Å²) < 4.78 is 4.97. The molecule has 0 saturated carbocycles. The minimum absolute atomic E-state index is 0.458. The van der Waals surface area contributed by atoms with E-state index in [0.29, 0.717) is 28.2 Å². The topological polar surface area (TPSA) is 63.0 Å². The van der Waals surface area contributed by atoms with Crippen LogP contribution >= 0.6 is 23.2 Å². The third kappa shape index (κ3) is 2.86. The lowest BCUT2D eigenvalue weighted by atomic mass is 10.3. The van der Waals surface area contributed by atoms with E-state index in [-0.39, 0.29) is 0 Å².